The number of carboxylic acid groups (broad SMARTS) is 1. The average Bonchev–Trinajstić information content (AvgIpc) is 2.70. The van der Waals surface area contributed by atoms with E-state index in [-0.39, 0.29) is 5.69 Å². The molecule has 0 aromatic carbocycles. The van der Waals surface area contributed by atoms with Gasteiger partial charge in [0.05, 0.1) is 16.8 Å². The Labute approximate surface area is 83.6 Å². The van der Waals surface area contributed by atoms with E-state index in [0.29, 0.717) is 5.82 Å². The number of aromatic nitrogens is 3. The van der Waals surface area contributed by atoms with E-state index in [9.17, 15) is 4.79 Å². The minimum Gasteiger partial charge on any atom is -0.477 e. The van der Waals surface area contributed by atoms with Crippen molar-refractivity contribution < 1.29 is 9.90 Å². The summed E-state index contributed by atoms with van der Waals surface area (Å²) in [5.74, 6) is -0.460. The van der Waals surface area contributed by atoms with Crippen molar-refractivity contribution in [3.63, 3.8) is 0 Å². The molecule has 5 nitrogen and oxygen atoms in total. The number of imidazole rings is 1. The molecule has 0 amide bonds. The molecule has 2 rings (SSSR count). The first-order valence-corrected chi connectivity index (χ1v) is 4.66. The SMILES string of the molecule is Cc1cc(-c2ncc(C(=O)O)[nH]2)sn1. The smallest absolute Gasteiger partial charge is 0.353 e. The molecule has 2 aromatic heterocycles. The number of aromatic amines is 1. The summed E-state index contributed by atoms with van der Waals surface area (Å²) in [7, 11) is 0. The number of H-pyrrole nitrogens is 1. The third-order valence-corrected chi connectivity index (χ3v) is 2.55. The van der Waals surface area contributed by atoms with E-state index in [1.807, 2.05) is 13.0 Å². The number of carboxylic acids is 1. The van der Waals surface area contributed by atoms with Crippen molar-refractivity contribution in [2.24, 2.45) is 0 Å². The summed E-state index contributed by atoms with van der Waals surface area (Å²) in [6, 6.07) is 1.86. The zero-order valence-corrected chi connectivity index (χ0v) is 8.13. The molecule has 14 heavy (non-hydrogen) atoms. The van der Waals surface area contributed by atoms with Crippen LogP contribution in [0.5, 0.6) is 0 Å². The first-order valence-electron chi connectivity index (χ1n) is 3.89. The second kappa shape index (κ2) is 3.22. The summed E-state index contributed by atoms with van der Waals surface area (Å²) < 4.78 is 4.08. The van der Waals surface area contributed by atoms with Gasteiger partial charge in [-0.15, -0.1) is 0 Å². The number of hydrogen-bond donors (Lipinski definition) is 2. The summed E-state index contributed by atoms with van der Waals surface area (Å²) >= 11 is 1.29. The van der Waals surface area contributed by atoms with Gasteiger partial charge in [-0.25, -0.2) is 9.78 Å². The second-order valence-electron chi connectivity index (χ2n) is 2.78. The highest BCUT2D eigenvalue weighted by Gasteiger charge is 2.10. The van der Waals surface area contributed by atoms with E-state index >= 15 is 0 Å². The molecule has 2 N–H and O–H groups in total. The molecule has 0 fully saturated rings. The van der Waals surface area contributed by atoms with Crippen LogP contribution in [0, 0.1) is 6.92 Å². The van der Waals surface area contributed by atoms with E-state index in [1.165, 1.54) is 17.7 Å². The van der Waals surface area contributed by atoms with Crippen molar-refractivity contribution in [2.75, 3.05) is 0 Å². The number of nitrogens with one attached hydrogen (secondary N) is 1. The summed E-state index contributed by atoms with van der Waals surface area (Å²) in [6.45, 7) is 1.88. The van der Waals surface area contributed by atoms with Crippen LogP contribution in [0.3, 0.4) is 0 Å². The van der Waals surface area contributed by atoms with Crippen LogP contribution in [-0.2, 0) is 0 Å². The fraction of sp³-hybridized carbons (Fsp3) is 0.125. The lowest BCUT2D eigenvalue weighted by atomic mass is 10.4. The molecule has 0 saturated carbocycles. The van der Waals surface area contributed by atoms with E-state index in [0.717, 1.165) is 10.6 Å². The number of nitrogens with zero attached hydrogens (tertiary/aromatic N) is 2. The Morgan fingerprint density at radius 2 is 2.43 bits per heavy atom. The van der Waals surface area contributed by atoms with Gasteiger partial charge in [0.1, 0.15) is 11.5 Å². The molecular weight excluding hydrogens is 202 g/mol. The highest BCUT2D eigenvalue weighted by molar-refractivity contribution is 7.09. The summed E-state index contributed by atoms with van der Waals surface area (Å²) in [5, 5.41) is 8.67. The van der Waals surface area contributed by atoms with Crippen molar-refractivity contribution in [2.45, 2.75) is 6.92 Å². The lowest BCUT2D eigenvalue weighted by molar-refractivity contribution is 0.0691. The summed E-state index contributed by atoms with van der Waals surface area (Å²) in [6.07, 6.45) is 1.30. The zero-order valence-electron chi connectivity index (χ0n) is 7.31. The third kappa shape index (κ3) is 1.51. The Morgan fingerprint density at radius 1 is 1.64 bits per heavy atom. The van der Waals surface area contributed by atoms with Crippen molar-refractivity contribution in [1.82, 2.24) is 14.3 Å². The minimum absolute atomic E-state index is 0.0889. The fourth-order valence-electron chi connectivity index (χ4n) is 1.03. The summed E-state index contributed by atoms with van der Waals surface area (Å²) in [4.78, 5) is 18.1. The number of aromatic carboxylic acids is 1. The lowest BCUT2D eigenvalue weighted by Crippen LogP contribution is -1.95. The van der Waals surface area contributed by atoms with Crippen molar-refractivity contribution in [3.8, 4) is 10.7 Å². The van der Waals surface area contributed by atoms with Gasteiger partial charge in [-0.05, 0) is 24.5 Å². The molecule has 0 bridgehead atoms. The average molecular weight is 209 g/mol. The first-order chi connectivity index (χ1) is 6.66. The Balaban J connectivity index is 2.38. The second-order valence-corrected chi connectivity index (χ2v) is 3.59. The molecular formula is C8H7N3O2S. The Morgan fingerprint density at radius 3 is 2.93 bits per heavy atom. The molecule has 0 aliphatic heterocycles. The normalized spacial score (nSPS) is 10.4. The van der Waals surface area contributed by atoms with Gasteiger partial charge < -0.3 is 10.1 Å². The van der Waals surface area contributed by atoms with Crippen molar-refractivity contribution in [3.05, 3.63) is 23.7 Å². The molecule has 2 aromatic rings. The largest absolute Gasteiger partial charge is 0.477 e. The molecule has 0 atom stereocenters. The van der Waals surface area contributed by atoms with Crippen LogP contribution in [-0.4, -0.2) is 25.4 Å². The first kappa shape index (κ1) is 8.89. The van der Waals surface area contributed by atoms with E-state index in [2.05, 4.69) is 14.3 Å². The molecule has 0 saturated heterocycles. The van der Waals surface area contributed by atoms with Gasteiger partial charge in [0.25, 0.3) is 0 Å². The van der Waals surface area contributed by atoms with Crippen LogP contribution in [0.4, 0.5) is 0 Å². The lowest BCUT2D eigenvalue weighted by Gasteiger charge is -1.87. The van der Waals surface area contributed by atoms with Gasteiger partial charge in [-0.3, -0.25) is 0 Å². The quantitative estimate of drug-likeness (QED) is 0.786. The molecule has 0 unspecified atom stereocenters. The molecule has 0 radical (unpaired) electrons. The monoisotopic (exact) mass is 209 g/mol. The standard InChI is InChI=1S/C8H7N3O2S/c1-4-2-6(14-11-4)7-9-3-5(10-7)8(12)13/h2-3H,1H3,(H,9,10)(H,12,13). The van der Waals surface area contributed by atoms with Crippen molar-refractivity contribution in [1.29, 1.82) is 0 Å². The van der Waals surface area contributed by atoms with Crippen LogP contribution in [0.2, 0.25) is 0 Å². The third-order valence-electron chi connectivity index (χ3n) is 1.67. The number of rotatable bonds is 2. The highest BCUT2D eigenvalue weighted by Crippen LogP contribution is 2.21. The van der Waals surface area contributed by atoms with Crippen LogP contribution in [0.25, 0.3) is 10.7 Å². The predicted molar refractivity (Wildman–Crippen MR) is 51.4 cm³/mol. The molecule has 0 aliphatic rings. The van der Waals surface area contributed by atoms with Gasteiger partial charge >= 0.3 is 5.97 Å². The van der Waals surface area contributed by atoms with Crippen LogP contribution >= 0.6 is 11.5 Å². The highest BCUT2D eigenvalue weighted by atomic mass is 32.1. The zero-order chi connectivity index (χ0) is 10.1. The minimum atomic E-state index is -1.01. The molecule has 0 spiro atoms. The van der Waals surface area contributed by atoms with Gasteiger partial charge in [0.2, 0.25) is 0 Å². The van der Waals surface area contributed by atoms with Gasteiger partial charge in [-0.1, -0.05) is 0 Å². The Hall–Kier alpha value is -1.69. The number of hydrogen-bond acceptors (Lipinski definition) is 4. The molecule has 72 valence electrons. The fourth-order valence-corrected chi connectivity index (χ4v) is 1.74. The number of carbonyl (C=O) groups is 1. The van der Waals surface area contributed by atoms with Crippen LogP contribution < -0.4 is 0 Å². The maximum absolute atomic E-state index is 10.6. The van der Waals surface area contributed by atoms with Gasteiger partial charge in [0.15, 0.2) is 0 Å². The Bertz CT molecular complexity index is 474. The summed E-state index contributed by atoms with van der Waals surface area (Å²) in [5.41, 5.74) is 0.990. The van der Waals surface area contributed by atoms with Gasteiger partial charge in [-0.2, -0.15) is 4.37 Å². The van der Waals surface area contributed by atoms with E-state index in [1.54, 1.807) is 0 Å². The van der Waals surface area contributed by atoms with Crippen molar-refractivity contribution >= 4 is 17.5 Å². The maximum Gasteiger partial charge on any atom is 0.353 e. The van der Waals surface area contributed by atoms with Gasteiger partial charge in [0, 0.05) is 0 Å². The molecule has 0 aliphatic carbocycles. The predicted octanol–water partition coefficient (Wildman–Crippen LogP) is 1.54. The van der Waals surface area contributed by atoms with Crippen LogP contribution in [0.15, 0.2) is 12.3 Å². The van der Waals surface area contributed by atoms with Crippen LogP contribution in [0.1, 0.15) is 16.2 Å². The number of aryl methyl sites for hydroxylation is 1. The molecule has 6 heteroatoms. The Kier molecular flexibility index (Phi) is 2.05. The van der Waals surface area contributed by atoms with E-state index in [4.69, 9.17) is 5.11 Å². The maximum atomic E-state index is 10.6. The topological polar surface area (TPSA) is 78.9 Å². The molecule has 2 heterocycles. The van der Waals surface area contributed by atoms with E-state index < -0.39 is 5.97 Å².